The average Bonchev–Trinajstić information content (AvgIpc) is 3.27. The number of nitrogens with zero attached hydrogens (tertiary/aromatic N) is 2. The van der Waals surface area contributed by atoms with Crippen LogP contribution in [0.2, 0.25) is 0 Å². The second-order valence-electron chi connectivity index (χ2n) is 7.55. The summed E-state index contributed by atoms with van der Waals surface area (Å²) in [6.45, 7) is 4.72. The van der Waals surface area contributed by atoms with Crippen LogP contribution in [0.3, 0.4) is 0 Å². The lowest BCUT2D eigenvalue weighted by atomic mass is 10.2. The van der Waals surface area contributed by atoms with Gasteiger partial charge >= 0.3 is 0 Å². The van der Waals surface area contributed by atoms with E-state index in [1.54, 1.807) is 24.1 Å². The predicted octanol–water partition coefficient (Wildman–Crippen LogP) is 3.87. The molecular formula is C24H26N2O4S. The Labute approximate surface area is 184 Å². The fourth-order valence-electron chi connectivity index (χ4n) is 3.66. The van der Waals surface area contributed by atoms with E-state index >= 15 is 0 Å². The molecule has 6 nitrogen and oxygen atoms in total. The first kappa shape index (κ1) is 21.2. The number of carbonyl (C=O) groups is 1. The molecule has 7 heteroatoms. The first-order chi connectivity index (χ1) is 15.0. The van der Waals surface area contributed by atoms with E-state index < -0.39 is 10.8 Å². The van der Waals surface area contributed by atoms with Gasteiger partial charge in [-0.1, -0.05) is 12.1 Å². The van der Waals surface area contributed by atoms with E-state index in [-0.39, 0.29) is 11.7 Å². The molecule has 4 rings (SSSR count). The zero-order valence-electron chi connectivity index (χ0n) is 17.7. The van der Waals surface area contributed by atoms with E-state index in [1.165, 1.54) is 0 Å². The van der Waals surface area contributed by atoms with E-state index in [2.05, 4.69) is 4.90 Å². The molecule has 3 aromatic rings. The molecule has 0 aliphatic carbocycles. The summed E-state index contributed by atoms with van der Waals surface area (Å²) in [6, 6.07) is 19.0. The molecule has 2 heterocycles. The van der Waals surface area contributed by atoms with Gasteiger partial charge in [0.25, 0.3) is 5.91 Å². The second-order valence-corrected chi connectivity index (χ2v) is 9.00. The summed E-state index contributed by atoms with van der Waals surface area (Å²) in [5.41, 5.74) is 2.18. The van der Waals surface area contributed by atoms with Crippen LogP contribution >= 0.6 is 0 Å². The molecule has 1 atom stereocenters. The Morgan fingerprint density at radius 2 is 1.77 bits per heavy atom. The van der Waals surface area contributed by atoms with Crippen molar-refractivity contribution in [2.45, 2.75) is 17.6 Å². The van der Waals surface area contributed by atoms with Gasteiger partial charge < -0.3 is 19.0 Å². The molecule has 1 fully saturated rings. The molecule has 1 amide bonds. The van der Waals surface area contributed by atoms with Crippen LogP contribution in [0.4, 0.5) is 5.69 Å². The second kappa shape index (κ2) is 9.39. The lowest BCUT2D eigenvalue weighted by molar-refractivity contribution is 0.0713. The van der Waals surface area contributed by atoms with Gasteiger partial charge in [0.1, 0.15) is 11.5 Å². The molecule has 1 aliphatic heterocycles. The van der Waals surface area contributed by atoms with Gasteiger partial charge in [-0.2, -0.15) is 0 Å². The number of hydrogen-bond donors (Lipinski definition) is 0. The first-order valence-electron chi connectivity index (χ1n) is 10.3. The molecule has 1 aliphatic rings. The van der Waals surface area contributed by atoms with Crippen molar-refractivity contribution >= 4 is 22.4 Å². The zero-order valence-corrected chi connectivity index (χ0v) is 18.6. The van der Waals surface area contributed by atoms with E-state index in [4.69, 9.17) is 9.15 Å². The number of carbonyl (C=O) groups excluding carboxylic acids is 1. The number of benzene rings is 2. The number of piperazine rings is 1. The van der Waals surface area contributed by atoms with E-state index in [9.17, 15) is 9.00 Å². The summed E-state index contributed by atoms with van der Waals surface area (Å²) in [5.74, 6) is 1.81. The molecule has 0 unspecified atom stereocenters. The Balaban J connectivity index is 1.34. The molecule has 1 aromatic heterocycles. The van der Waals surface area contributed by atoms with Gasteiger partial charge in [0, 0.05) is 36.8 Å². The van der Waals surface area contributed by atoms with Crippen LogP contribution in [0, 0.1) is 6.92 Å². The Hall–Kier alpha value is -3.06. The van der Waals surface area contributed by atoms with Gasteiger partial charge in [0.2, 0.25) is 0 Å². The van der Waals surface area contributed by atoms with Crippen LogP contribution in [0.5, 0.6) is 5.75 Å². The molecule has 0 bridgehead atoms. The highest BCUT2D eigenvalue weighted by Crippen LogP contribution is 2.22. The van der Waals surface area contributed by atoms with Crippen LogP contribution in [-0.4, -0.2) is 48.3 Å². The van der Waals surface area contributed by atoms with E-state index in [1.807, 2.05) is 55.5 Å². The molecule has 31 heavy (non-hydrogen) atoms. The van der Waals surface area contributed by atoms with Crippen molar-refractivity contribution in [2.24, 2.45) is 0 Å². The SMILES string of the molecule is COc1ccc(N2CCN(C(=O)c3ccc(C[S@](=O)c4cccc(C)c4)o3)CC2)cc1. The lowest BCUT2D eigenvalue weighted by Gasteiger charge is -2.35. The third-order valence-corrected chi connectivity index (χ3v) is 6.73. The van der Waals surface area contributed by atoms with Crippen molar-refractivity contribution in [1.82, 2.24) is 4.90 Å². The average molecular weight is 439 g/mol. The first-order valence-corrected chi connectivity index (χ1v) is 11.6. The summed E-state index contributed by atoms with van der Waals surface area (Å²) in [7, 11) is 0.440. The molecule has 2 aromatic carbocycles. The van der Waals surface area contributed by atoms with Crippen molar-refractivity contribution in [1.29, 1.82) is 0 Å². The minimum absolute atomic E-state index is 0.123. The largest absolute Gasteiger partial charge is 0.497 e. The number of furan rings is 1. The van der Waals surface area contributed by atoms with Gasteiger partial charge in [-0.05, 0) is 61.0 Å². The topological polar surface area (TPSA) is 63.0 Å². The number of amides is 1. The lowest BCUT2D eigenvalue weighted by Crippen LogP contribution is -2.48. The predicted molar refractivity (Wildman–Crippen MR) is 121 cm³/mol. The number of aryl methyl sites for hydroxylation is 1. The number of rotatable bonds is 6. The Morgan fingerprint density at radius 1 is 1.03 bits per heavy atom. The van der Waals surface area contributed by atoms with Gasteiger partial charge in [0.15, 0.2) is 5.76 Å². The maximum absolute atomic E-state index is 12.9. The fraction of sp³-hybridized carbons (Fsp3) is 0.292. The normalized spacial score (nSPS) is 15.0. The van der Waals surface area contributed by atoms with Crippen LogP contribution < -0.4 is 9.64 Å². The highest BCUT2D eigenvalue weighted by Gasteiger charge is 2.24. The van der Waals surface area contributed by atoms with Gasteiger partial charge in [0.05, 0.1) is 23.7 Å². The smallest absolute Gasteiger partial charge is 0.289 e. The maximum atomic E-state index is 12.9. The number of anilines is 1. The molecule has 0 radical (unpaired) electrons. The molecule has 0 spiro atoms. The third-order valence-electron chi connectivity index (χ3n) is 5.40. The van der Waals surface area contributed by atoms with Crippen molar-refractivity contribution in [3.05, 3.63) is 77.7 Å². The summed E-state index contributed by atoms with van der Waals surface area (Å²) in [6.07, 6.45) is 0. The van der Waals surface area contributed by atoms with Crippen LogP contribution in [0.15, 0.2) is 70.0 Å². The minimum atomic E-state index is -1.21. The van der Waals surface area contributed by atoms with E-state index in [0.29, 0.717) is 24.6 Å². The van der Waals surface area contributed by atoms with Crippen molar-refractivity contribution in [2.75, 3.05) is 38.2 Å². The number of hydrogen-bond acceptors (Lipinski definition) is 5. The molecular weight excluding hydrogens is 412 g/mol. The molecule has 1 saturated heterocycles. The summed E-state index contributed by atoms with van der Waals surface area (Å²) >= 11 is 0. The van der Waals surface area contributed by atoms with Gasteiger partial charge in [-0.3, -0.25) is 9.00 Å². The van der Waals surface area contributed by atoms with Gasteiger partial charge in [-0.15, -0.1) is 0 Å². The Kier molecular flexibility index (Phi) is 6.42. The van der Waals surface area contributed by atoms with E-state index in [0.717, 1.165) is 35.0 Å². The van der Waals surface area contributed by atoms with Crippen molar-refractivity contribution in [3.8, 4) is 5.75 Å². The summed E-state index contributed by atoms with van der Waals surface area (Å²) in [5, 5.41) is 0. The fourth-order valence-corrected chi connectivity index (χ4v) is 4.78. The van der Waals surface area contributed by atoms with Crippen molar-refractivity contribution in [3.63, 3.8) is 0 Å². The number of ether oxygens (including phenoxy) is 1. The van der Waals surface area contributed by atoms with Gasteiger partial charge in [-0.25, -0.2) is 0 Å². The maximum Gasteiger partial charge on any atom is 0.289 e. The number of methoxy groups -OCH3 is 1. The highest BCUT2D eigenvalue weighted by molar-refractivity contribution is 7.84. The van der Waals surface area contributed by atoms with Crippen LogP contribution in [0.1, 0.15) is 21.9 Å². The Morgan fingerprint density at radius 3 is 2.45 bits per heavy atom. The highest BCUT2D eigenvalue weighted by atomic mass is 32.2. The van der Waals surface area contributed by atoms with Crippen LogP contribution in [-0.2, 0) is 16.6 Å². The molecule has 162 valence electrons. The summed E-state index contributed by atoms with van der Waals surface area (Å²) in [4.78, 5) is 17.7. The summed E-state index contributed by atoms with van der Waals surface area (Å²) < 4.78 is 23.6. The van der Waals surface area contributed by atoms with Crippen LogP contribution in [0.25, 0.3) is 0 Å². The third kappa shape index (κ3) is 4.99. The molecule has 0 N–H and O–H groups in total. The molecule has 0 saturated carbocycles. The monoisotopic (exact) mass is 438 g/mol. The quantitative estimate of drug-likeness (QED) is 0.585. The zero-order chi connectivity index (χ0) is 21.8. The van der Waals surface area contributed by atoms with Crippen molar-refractivity contribution < 1.29 is 18.2 Å². The minimum Gasteiger partial charge on any atom is -0.497 e. The standard InChI is InChI=1S/C24H26N2O4S/c1-18-4-3-5-22(16-18)31(28)17-21-10-11-23(30-21)24(27)26-14-12-25(13-15-26)19-6-8-20(29-2)9-7-19/h3-11,16H,12-15,17H2,1-2H3/t31-/m0/s1. The Bertz CT molecular complexity index is 1070.